The Bertz CT molecular complexity index is 1050. The number of nitrogens with zero attached hydrogens (tertiary/aromatic N) is 2. The third-order valence-electron chi connectivity index (χ3n) is 6.13. The molecule has 3 aromatic rings. The highest BCUT2D eigenvalue weighted by Gasteiger charge is 2.21. The molecular formula is C26H31N3O2. The van der Waals surface area contributed by atoms with Gasteiger partial charge in [-0.05, 0) is 74.5 Å². The number of hydrogen-bond acceptors (Lipinski definition) is 4. The Kier molecular flexibility index (Phi) is 6.82. The zero-order chi connectivity index (χ0) is 21.6. The predicted octanol–water partition coefficient (Wildman–Crippen LogP) is 5.18. The van der Waals surface area contributed by atoms with E-state index in [0.29, 0.717) is 12.3 Å². The Labute approximate surface area is 184 Å². The van der Waals surface area contributed by atoms with Gasteiger partial charge in [0.1, 0.15) is 5.75 Å². The van der Waals surface area contributed by atoms with Crippen LogP contribution in [0.1, 0.15) is 36.9 Å². The highest BCUT2D eigenvalue weighted by Crippen LogP contribution is 2.24. The lowest BCUT2D eigenvalue weighted by Crippen LogP contribution is -2.35. The number of fused-ring (bicyclic) bond motifs is 1. The van der Waals surface area contributed by atoms with E-state index in [1.165, 1.54) is 18.2 Å². The largest absolute Gasteiger partial charge is 0.497 e. The average Bonchev–Trinajstić information content (AvgIpc) is 2.79. The van der Waals surface area contributed by atoms with Gasteiger partial charge in [0.05, 0.1) is 18.3 Å². The predicted molar refractivity (Wildman–Crippen MR) is 125 cm³/mol. The lowest BCUT2D eigenvalue weighted by molar-refractivity contribution is -0.116. The van der Waals surface area contributed by atoms with Gasteiger partial charge in [-0.15, -0.1) is 0 Å². The van der Waals surface area contributed by atoms with Crippen molar-refractivity contribution in [1.82, 2.24) is 9.88 Å². The number of ether oxygens (including phenoxy) is 1. The van der Waals surface area contributed by atoms with E-state index >= 15 is 0 Å². The first kappa shape index (κ1) is 21.3. The van der Waals surface area contributed by atoms with Crippen LogP contribution in [0.5, 0.6) is 5.75 Å². The molecule has 1 atom stereocenters. The van der Waals surface area contributed by atoms with Crippen molar-refractivity contribution in [3.8, 4) is 5.75 Å². The number of carbonyl (C=O) groups is 1. The van der Waals surface area contributed by atoms with Crippen LogP contribution in [0.25, 0.3) is 10.9 Å². The van der Waals surface area contributed by atoms with Crippen molar-refractivity contribution in [1.29, 1.82) is 0 Å². The number of pyridine rings is 1. The third-order valence-corrected chi connectivity index (χ3v) is 6.13. The lowest BCUT2D eigenvalue weighted by Gasteiger charge is -2.32. The summed E-state index contributed by atoms with van der Waals surface area (Å²) in [5.74, 6) is 1.44. The number of anilines is 1. The monoisotopic (exact) mass is 417 g/mol. The summed E-state index contributed by atoms with van der Waals surface area (Å²) in [6.45, 7) is 4.99. The Balaban J connectivity index is 1.28. The van der Waals surface area contributed by atoms with Gasteiger partial charge < -0.3 is 10.1 Å². The van der Waals surface area contributed by atoms with Crippen molar-refractivity contribution in [2.24, 2.45) is 5.92 Å². The molecule has 0 radical (unpaired) electrons. The molecule has 0 bridgehead atoms. The van der Waals surface area contributed by atoms with E-state index in [-0.39, 0.29) is 5.91 Å². The van der Waals surface area contributed by atoms with Crippen LogP contribution in [0.3, 0.4) is 0 Å². The van der Waals surface area contributed by atoms with Crippen LogP contribution in [0.2, 0.25) is 0 Å². The number of aromatic nitrogens is 1. The maximum absolute atomic E-state index is 12.5. The summed E-state index contributed by atoms with van der Waals surface area (Å²) < 4.78 is 5.23. The number of methoxy groups -OCH3 is 1. The molecule has 0 aliphatic carbocycles. The van der Waals surface area contributed by atoms with Crippen molar-refractivity contribution < 1.29 is 9.53 Å². The number of piperidine rings is 1. The molecule has 0 spiro atoms. The maximum atomic E-state index is 12.5. The molecule has 2 aromatic carbocycles. The van der Waals surface area contributed by atoms with Gasteiger partial charge in [0.15, 0.2) is 0 Å². The number of aryl methyl sites for hydroxylation is 1. The van der Waals surface area contributed by atoms with E-state index in [0.717, 1.165) is 54.3 Å². The number of benzene rings is 2. The second-order valence-electron chi connectivity index (χ2n) is 8.51. The average molecular weight is 418 g/mol. The van der Waals surface area contributed by atoms with E-state index in [4.69, 9.17) is 9.72 Å². The highest BCUT2D eigenvalue weighted by atomic mass is 16.5. The number of nitrogens with one attached hydrogen (secondary N) is 1. The fourth-order valence-corrected chi connectivity index (χ4v) is 4.41. The van der Waals surface area contributed by atoms with Gasteiger partial charge in [0.2, 0.25) is 5.91 Å². The zero-order valence-corrected chi connectivity index (χ0v) is 18.4. The van der Waals surface area contributed by atoms with Gasteiger partial charge in [0, 0.05) is 30.6 Å². The van der Waals surface area contributed by atoms with Crippen molar-refractivity contribution in [2.45, 2.75) is 39.2 Å². The minimum absolute atomic E-state index is 0.0848. The van der Waals surface area contributed by atoms with Gasteiger partial charge in [-0.1, -0.05) is 24.3 Å². The number of hydrogen-bond donors (Lipinski definition) is 1. The molecular weight excluding hydrogens is 386 g/mol. The van der Waals surface area contributed by atoms with Crippen LogP contribution in [0.4, 0.5) is 5.69 Å². The fourth-order valence-electron chi connectivity index (χ4n) is 4.41. The Hall–Kier alpha value is -2.92. The first-order valence-electron chi connectivity index (χ1n) is 11.1. The molecule has 2 heterocycles. The smallest absolute Gasteiger partial charge is 0.224 e. The van der Waals surface area contributed by atoms with Crippen molar-refractivity contribution in [3.05, 3.63) is 65.9 Å². The normalized spacial score (nSPS) is 16.9. The van der Waals surface area contributed by atoms with Crippen LogP contribution in [0, 0.1) is 12.8 Å². The number of para-hydroxylation sites is 1. The maximum Gasteiger partial charge on any atom is 0.224 e. The van der Waals surface area contributed by atoms with E-state index in [9.17, 15) is 4.79 Å². The summed E-state index contributed by atoms with van der Waals surface area (Å²) >= 11 is 0. The summed E-state index contributed by atoms with van der Waals surface area (Å²) in [4.78, 5) is 19.8. The Morgan fingerprint density at radius 3 is 2.90 bits per heavy atom. The highest BCUT2D eigenvalue weighted by molar-refractivity contribution is 5.91. The lowest BCUT2D eigenvalue weighted by atomic mass is 9.93. The number of rotatable bonds is 7. The molecule has 5 heteroatoms. The molecule has 162 valence electrons. The summed E-state index contributed by atoms with van der Waals surface area (Å²) in [6.07, 6.45) is 3.84. The molecule has 1 unspecified atom stereocenters. The summed E-state index contributed by atoms with van der Waals surface area (Å²) in [5, 5.41) is 4.23. The van der Waals surface area contributed by atoms with Crippen LogP contribution in [0.15, 0.2) is 54.6 Å². The number of carbonyl (C=O) groups excluding carboxylic acids is 1. The van der Waals surface area contributed by atoms with Crippen molar-refractivity contribution in [3.63, 3.8) is 0 Å². The molecule has 1 N–H and O–H groups in total. The van der Waals surface area contributed by atoms with Crippen LogP contribution in [-0.4, -0.2) is 36.0 Å². The van der Waals surface area contributed by atoms with Crippen LogP contribution >= 0.6 is 0 Å². The zero-order valence-electron chi connectivity index (χ0n) is 18.4. The van der Waals surface area contributed by atoms with Crippen LogP contribution in [-0.2, 0) is 11.3 Å². The first-order valence-corrected chi connectivity index (χ1v) is 11.1. The molecule has 5 nitrogen and oxygen atoms in total. The third kappa shape index (κ3) is 5.61. The summed E-state index contributed by atoms with van der Waals surface area (Å²) in [6, 6.07) is 18.3. The number of amides is 1. The topological polar surface area (TPSA) is 54.5 Å². The van der Waals surface area contributed by atoms with E-state index in [1.54, 1.807) is 7.11 Å². The molecule has 1 fully saturated rings. The minimum atomic E-state index is 0.0848. The van der Waals surface area contributed by atoms with Crippen LogP contribution < -0.4 is 10.1 Å². The Morgan fingerprint density at radius 1 is 1.19 bits per heavy atom. The quantitative estimate of drug-likeness (QED) is 0.575. The molecule has 0 saturated carbocycles. The second-order valence-corrected chi connectivity index (χ2v) is 8.51. The molecule has 1 amide bonds. The van der Waals surface area contributed by atoms with Gasteiger partial charge in [-0.25, -0.2) is 0 Å². The Morgan fingerprint density at radius 2 is 2.06 bits per heavy atom. The van der Waals surface area contributed by atoms with E-state index in [2.05, 4.69) is 34.5 Å². The van der Waals surface area contributed by atoms with E-state index in [1.807, 2.05) is 37.3 Å². The van der Waals surface area contributed by atoms with E-state index < -0.39 is 0 Å². The summed E-state index contributed by atoms with van der Waals surface area (Å²) in [5.41, 5.74) is 4.05. The first-order chi connectivity index (χ1) is 15.1. The van der Waals surface area contributed by atoms with Crippen molar-refractivity contribution >= 4 is 22.5 Å². The second kappa shape index (κ2) is 9.92. The minimum Gasteiger partial charge on any atom is -0.497 e. The van der Waals surface area contributed by atoms with Gasteiger partial charge in [0.25, 0.3) is 0 Å². The van der Waals surface area contributed by atoms with Gasteiger partial charge in [-0.2, -0.15) is 0 Å². The molecule has 1 saturated heterocycles. The van der Waals surface area contributed by atoms with Crippen molar-refractivity contribution in [2.75, 3.05) is 25.5 Å². The van der Waals surface area contributed by atoms with Gasteiger partial charge in [-0.3, -0.25) is 14.7 Å². The molecule has 1 aromatic heterocycles. The SMILES string of the molecule is COc1ccc(NC(=O)CCC2CCCN(Cc3ccc4ccccc4n3)C2)c(C)c1. The standard InChI is InChI=1S/C26H31N3O2/c1-19-16-23(31-2)12-13-24(19)28-26(30)14-9-20-6-5-15-29(17-20)18-22-11-10-21-7-3-4-8-25(21)27-22/h3-4,7-8,10-13,16,20H,5-6,9,14-15,17-18H2,1-2H3,(H,28,30). The summed E-state index contributed by atoms with van der Waals surface area (Å²) in [7, 11) is 1.65. The molecule has 1 aliphatic heterocycles. The molecule has 4 rings (SSSR count). The molecule has 31 heavy (non-hydrogen) atoms. The molecule has 1 aliphatic rings. The fraction of sp³-hybridized carbons (Fsp3) is 0.385. The van der Waals surface area contributed by atoms with Gasteiger partial charge >= 0.3 is 0 Å². The number of likely N-dealkylation sites (tertiary alicyclic amines) is 1.